The van der Waals surface area contributed by atoms with Crippen LogP contribution in [0.3, 0.4) is 0 Å². The van der Waals surface area contributed by atoms with Crippen molar-refractivity contribution in [3.05, 3.63) is 71.8 Å². The van der Waals surface area contributed by atoms with Crippen LogP contribution in [0.4, 0.5) is 0 Å². The highest BCUT2D eigenvalue weighted by Gasteiger charge is 2.54. The molecule has 0 aromatic heterocycles. The highest BCUT2D eigenvalue weighted by molar-refractivity contribution is 5.90. The minimum Gasteiger partial charge on any atom is -0.455 e. The number of carbonyl (C=O) groups excluding carboxylic acids is 2. The Hall–Kier alpha value is -2.62. The van der Waals surface area contributed by atoms with Crippen LogP contribution in [0.5, 0.6) is 0 Å². The summed E-state index contributed by atoms with van der Waals surface area (Å²) in [6, 6.07) is 18.3. The van der Waals surface area contributed by atoms with Crippen LogP contribution in [0.15, 0.2) is 60.7 Å². The van der Waals surface area contributed by atoms with Crippen LogP contribution in [0.2, 0.25) is 0 Å². The van der Waals surface area contributed by atoms with E-state index in [-0.39, 0.29) is 36.0 Å². The molecule has 4 nitrogen and oxygen atoms in total. The number of esters is 2. The molecule has 4 fully saturated rings. The third kappa shape index (κ3) is 4.32. The molecule has 4 saturated carbocycles. The lowest BCUT2D eigenvalue weighted by Crippen LogP contribution is -2.56. The summed E-state index contributed by atoms with van der Waals surface area (Å²) < 4.78 is 12.2. The van der Waals surface area contributed by atoms with E-state index in [2.05, 4.69) is 0 Å². The molecule has 4 aliphatic carbocycles. The Bertz CT molecular complexity index is 919. The maximum absolute atomic E-state index is 13.0. The van der Waals surface area contributed by atoms with Crippen LogP contribution >= 0.6 is 0 Å². The predicted molar refractivity (Wildman–Crippen MR) is 122 cm³/mol. The number of carbonyl (C=O) groups is 2. The second-order valence-electron chi connectivity index (χ2n) is 9.77. The van der Waals surface area contributed by atoms with E-state index in [4.69, 9.17) is 9.47 Å². The van der Waals surface area contributed by atoms with Crippen LogP contribution < -0.4 is 0 Å². The fourth-order valence-corrected chi connectivity index (χ4v) is 6.43. The van der Waals surface area contributed by atoms with Crippen LogP contribution in [0.1, 0.15) is 72.1 Å². The Morgan fingerprint density at radius 3 is 1.75 bits per heavy atom. The van der Waals surface area contributed by atoms with Crippen molar-refractivity contribution in [3.63, 3.8) is 0 Å². The van der Waals surface area contributed by atoms with E-state index < -0.39 is 0 Å². The zero-order chi connectivity index (χ0) is 21.9. The maximum atomic E-state index is 13.0. The molecule has 6 rings (SSSR count). The van der Waals surface area contributed by atoms with Crippen LogP contribution in [0.25, 0.3) is 0 Å². The molecule has 4 heteroatoms. The summed E-state index contributed by atoms with van der Waals surface area (Å²) in [7, 11) is 0. The Kier molecular flexibility index (Phi) is 6.29. The molecule has 5 unspecified atom stereocenters. The normalized spacial score (nSPS) is 29.9. The van der Waals surface area contributed by atoms with Gasteiger partial charge in [0.25, 0.3) is 0 Å². The molecular weight excluding hydrogens is 400 g/mol. The molecule has 0 N–H and O–H groups in total. The van der Waals surface area contributed by atoms with Crippen molar-refractivity contribution in [3.8, 4) is 0 Å². The first-order chi connectivity index (χ1) is 15.7. The van der Waals surface area contributed by atoms with Crippen molar-refractivity contribution < 1.29 is 19.1 Å². The summed E-state index contributed by atoms with van der Waals surface area (Å²) in [6.45, 7) is 0. The number of fused-ring (bicyclic) bond motifs is 3. The summed E-state index contributed by atoms with van der Waals surface area (Å²) in [5.41, 5.74) is 1.10. The van der Waals surface area contributed by atoms with Crippen LogP contribution in [-0.2, 0) is 9.47 Å². The van der Waals surface area contributed by atoms with Crippen molar-refractivity contribution >= 4 is 11.9 Å². The van der Waals surface area contributed by atoms with Crippen molar-refractivity contribution in [2.75, 3.05) is 0 Å². The largest absolute Gasteiger partial charge is 0.455 e. The highest BCUT2D eigenvalue weighted by atomic mass is 16.6. The van der Waals surface area contributed by atoms with Crippen molar-refractivity contribution in [2.24, 2.45) is 23.7 Å². The molecule has 2 aromatic rings. The minimum absolute atomic E-state index is 0.258. The number of hydrogen-bond acceptors (Lipinski definition) is 4. The Balaban J connectivity index is 1.39. The van der Waals surface area contributed by atoms with Gasteiger partial charge in [-0.15, -0.1) is 0 Å². The summed E-state index contributed by atoms with van der Waals surface area (Å²) in [5.74, 6) is 1.16. The average Bonchev–Trinajstić information content (AvgIpc) is 2.87. The summed E-state index contributed by atoms with van der Waals surface area (Å²) in [5, 5.41) is 0. The summed E-state index contributed by atoms with van der Waals surface area (Å²) in [4.78, 5) is 25.9. The minimum atomic E-state index is -0.367. The second-order valence-corrected chi connectivity index (χ2v) is 9.77. The number of benzene rings is 2. The van der Waals surface area contributed by atoms with Crippen LogP contribution in [0, 0.1) is 23.7 Å². The number of rotatable bonds is 5. The third-order valence-corrected chi connectivity index (χ3v) is 7.97. The van der Waals surface area contributed by atoms with E-state index in [1.54, 1.807) is 24.3 Å². The van der Waals surface area contributed by atoms with E-state index in [1.807, 2.05) is 36.4 Å². The van der Waals surface area contributed by atoms with Crippen molar-refractivity contribution in [1.82, 2.24) is 0 Å². The molecule has 0 saturated heterocycles. The van der Waals surface area contributed by atoms with E-state index in [1.165, 1.54) is 32.1 Å². The molecule has 0 heterocycles. The molecule has 32 heavy (non-hydrogen) atoms. The van der Waals surface area contributed by atoms with E-state index >= 15 is 0 Å². The Morgan fingerprint density at radius 2 is 1.16 bits per heavy atom. The highest BCUT2D eigenvalue weighted by Crippen LogP contribution is 2.52. The molecule has 0 radical (unpaired) electrons. The first-order valence-corrected chi connectivity index (χ1v) is 12.2. The maximum Gasteiger partial charge on any atom is 0.338 e. The fraction of sp³-hybridized carbons (Fsp3) is 0.500. The number of ether oxygens (including phenoxy) is 2. The van der Waals surface area contributed by atoms with Crippen LogP contribution in [-0.4, -0.2) is 24.1 Å². The summed E-state index contributed by atoms with van der Waals surface area (Å²) in [6.07, 6.45) is 8.95. The van der Waals surface area contributed by atoms with Gasteiger partial charge in [-0.3, -0.25) is 0 Å². The fourth-order valence-electron chi connectivity index (χ4n) is 6.43. The first kappa shape index (κ1) is 21.2. The quantitative estimate of drug-likeness (QED) is 0.539. The smallest absolute Gasteiger partial charge is 0.338 e. The summed E-state index contributed by atoms with van der Waals surface area (Å²) >= 11 is 0. The predicted octanol–water partition coefficient (Wildman–Crippen LogP) is 6.06. The molecule has 2 bridgehead atoms. The van der Waals surface area contributed by atoms with Gasteiger partial charge in [0.1, 0.15) is 12.2 Å². The van der Waals surface area contributed by atoms with Crippen molar-refractivity contribution in [1.29, 1.82) is 0 Å². The van der Waals surface area contributed by atoms with Crippen molar-refractivity contribution in [2.45, 2.75) is 63.6 Å². The lowest BCUT2D eigenvalue weighted by molar-refractivity contribution is -0.151. The zero-order valence-electron chi connectivity index (χ0n) is 18.5. The van der Waals surface area contributed by atoms with Gasteiger partial charge in [0, 0.05) is 5.92 Å². The van der Waals surface area contributed by atoms with E-state index in [0.717, 1.165) is 19.3 Å². The van der Waals surface area contributed by atoms with E-state index in [0.29, 0.717) is 23.0 Å². The number of hydrogen-bond donors (Lipinski definition) is 0. The van der Waals surface area contributed by atoms with Gasteiger partial charge < -0.3 is 9.47 Å². The van der Waals surface area contributed by atoms with Gasteiger partial charge in [-0.25, -0.2) is 9.59 Å². The second kappa shape index (κ2) is 9.48. The Labute approximate surface area is 190 Å². The first-order valence-electron chi connectivity index (χ1n) is 12.2. The van der Waals surface area contributed by atoms with Gasteiger partial charge in [-0.2, -0.15) is 0 Å². The molecule has 0 aliphatic heterocycles. The lowest BCUT2D eigenvalue weighted by atomic mass is 9.56. The monoisotopic (exact) mass is 432 g/mol. The molecule has 0 spiro atoms. The van der Waals surface area contributed by atoms with Gasteiger partial charge in [-0.1, -0.05) is 68.5 Å². The molecular formula is C28H32O4. The SMILES string of the molecule is O=C(OC1C2CCC(C(C3CCCCC3)C2)C1OC(=O)c1ccccc1)c1ccccc1. The molecule has 5 atom stereocenters. The van der Waals surface area contributed by atoms with Gasteiger partial charge in [0.2, 0.25) is 0 Å². The standard InChI is InChI=1S/C28H32O4/c29-27(20-12-6-2-7-13-20)31-25-22-16-17-23(24(18-22)19-10-4-1-5-11-19)26(25)32-28(30)21-14-8-3-9-15-21/h2-3,6-9,12-15,19,22-26H,1,4-5,10-11,16-18H2. The third-order valence-electron chi connectivity index (χ3n) is 7.97. The van der Waals surface area contributed by atoms with Gasteiger partial charge in [0.05, 0.1) is 11.1 Å². The Morgan fingerprint density at radius 1 is 0.594 bits per heavy atom. The average molecular weight is 433 g/mol. The van der Waals surface area contributed by atoms with Gasteiger partial charge >= 0.3 is 11.9 Å². The topological polar surface area (TPSA) is 52.6 Å². The zero-order valence-corrected chi connectivity index (χ0v) is 18.5. The molecule has 2 aromatic carbocycles. The van der Waals surface area contributed by atoms with E-state index in [9.17, 15) is 9.59 Å². The molecule has 4 aliphatic rings. The van der Waals surface area contributed by atoms with Gasteiger partial charge in [0.15, 0.2) is 0 Å². The molecule has 0 amide bonds. The molecule has 168 valence electrons. The van der Waals surface area contributed by atoms with Gasteiger partial charge in [-0.05, 0) is 61.3 Å². The lowest BCUT2D eigenvalue weighted by Gasteiger charge is -2.53.